The fourth-order valence-corrected chi connectivity index (χ4v) is 2.51. The molecule has 0 atom stereocenters. The van der Waals surface area contributed by atoms with Crippen LogP contribution in [0.2, 0.25) is 5.02 Å². The summed E-state index contributed by atoms with van der Waals surface area (Å²) < 4.78 is 0. The fourth-order valence-electron chi connectivity index (χ4n) is 2.38. The molecule has 6 nitrogen and oxygen atoms in total. The number of nitrogens with one attached hydrogen (secondary N) is 3. The number of carbonyl (C=O) groups excluding carboxylic acids is 1. The molecular formula is C14H15ClN4O2. The number of hydrogen-bond acceptors (Lipinski definition) is 2. The Kier molecular flexibility index (Phi) is 3.70. The van der Waals surface area contributed by atoms with E-state index in [-0.39, 0.29) is 11.6 Å². The van der Waals surface area contributed by atoms with Gasteiger partial charge in [0.1, 0.15) is 0 Å². The molecule has 1 aliphatic rings. The Hall–Kier alpha value is -2.21. The van der Waals surface area contributed by atoms with Crippen LogP contribution in [0.1, 0.15) is 16.8 Å². The van der Waals surface area contributed by atoms with Gasteiger partial charge in [0.25, 0.3) is 5.56 Å². The zero-order valence-corrected chi connectivity index (χ0v) is 12.0. The molecule has 0 bridgehead atoms. The topological polar surface area (TPSA) is 81.0 Å². The number of carbonyl (C=O) groups is 1. The van der Waals surface area contributed by atoms with Crippen molar-refractivity contribution in [2.24, 2.45) is 0 Å². The fraction of sp³-hybridized carbons (Fsp3) is 0.286. The van der Waals surface area contributed by atoms with Crippen molar-refractivity contribution in [3.63, 3.8) is 0 Å². The first-order valence-electron chi connectivity index (χ1n) is 6.69. The van der Waals surface area contributed by atoms with E-state index in [9.17, 15) is 9.59 Å². The minimum Gasteiger partial charge on any atom is -0.334 e. The molecule has 3 N–H and O–H groups in total. The van der Waals surface area contributed by atoms with Gasteiger partial charge in [0.05, 0.1) is 12.1 Å². The second-order valence-electron chi connectivity index (χ2n) is 4.99. The highest BCUT2D eigenvalue weighted by Gasteiger charge is 2.23. The number of fused-ring (bicyclic) bond motifs is 1. The van der Waals surface area contributed by atoms with Crippen LogP contribution in [0.5, 0.6) is 0 Å². The summed E-state index contributed by atoms with van der Waals surface area (Å²) in [5.41, 5.74) is 2.36. The number of aromatic amines is 2. The summed E-state index contributed by atoms with van der Waals surface area (Å²) in [6.45, 7) is 1.36. The molecule has 1 aromatic carbocycles. The number of H-pyrrole nitrogens is 2. The number of aromatic nitrogens is 2. The number of hydrogen-bond donors (Lipinski definition) is 3. The van der Waals surface area contributed by atoms with Crippen molar-refractivity contribution in [1.82, 2.24) is 20.4 Å². The zero-order valence-electron chi connectivity index (χ0n) is 11.3. The van der Waals surface area contributed by atoms with Gasteiger partial charge in [-0.15, -0.1) is 0 Å². The van der Waals surface area contributed by atoms with Gasteiger partial charge in [0.15, 0.2) is 0 Å². The molecule has 0 aliphatic carbocycles. The molecule has 2 heterocycles. The van der Waals surface area contributed by atoms with Gasteiger partial charge in [-0.05, 0) is 17.7 Å². The minimum absolute atomic E-state index is 0.153. The molecule has 2 aromatic rings. The van der Waals surface area contributed by atoms with E-state index in [0.717, 1.165) is 11.3 Å². The van der Waals surface area contributed by atoms with Gasteiger partial charge in [-0.1, -0.05) is 23.7 Å². The Morgan fingerprint density at radius 3 is 2.81 bits per heavy atom. The number of halogens is 1. The molecular weight excluding hydrogens is 292 g/mol. The molecule has 0 radical (unpaired) electrons. The monoisotopic (exact) mass is 306 g/mol. The van der Waals surface area contributed by atoms with Gasteiger partial charge >= 0.3 is 6.03 Å². The standard InChI is InChI=1S/C14H15ClN4O2/c15-10-3-1-9(2-4-10)7-16-14(21)19-6-5-12-11(8-19)13(20)18-17-12/h1-4H,5-8H2,(H,16,21)(H2,17,18,20). The van der Waals surface area contributed by atoms with E-state index in [2.05, 4.69) is 15.5 Å². The molecule has 2 amide bonds. The summed E-state index contributed by atoms with van der Waals surface area (Å²) in [6, 6.07) is 7.14. The van der Waals surface area contributed by atoms with Gasteiger partial charge in [-0.3, -0.25) is 9.89 Å². The van der Waals surface area contributed by atoms with Crippen LogP contribution in [0.3, 0.4) is 0 Å². The average molecular weight is 307 g/mol. The van der Waals surface area contributed by atoms with E-state index in [1.54, 1.807) is 17.0 Å². The second kappa shape index (κ2) is 5.65. The van der Waals surface area contributed by atoms with Gasteiger partial charge < -0.3 is 15.3 Å². The largest absolute Gasteiger partial charge is 0.334 e. The summed E-state index contributed by atoms with van der Waals surface area (Å²) in [4.78, 5) is 25.4. The summed E-state index contributed by atoms with van der Waals surface area (Å²) in [5.74, 6) is 0. The lowest BCUT2D eigenvalue weighted by Gasteiger charge is -2.26. The Labute approximate surface area is 126 Å². The normalized spacial score (nSPS) is 13.9. The van der Waals surface area contributed by atoms with Crippen LogP contribution in [0.4, 0.5) is 4.79 Å². The molecule has 0 saturated carbocycles. The lowest BCUT2D eigenvalue weighted by atomic mass is 10.1. The van der Waals surface area contributed by atoms with Crippen molar-refractivity contribution in [2.45, 2.75) is 19.5 Å². The van der Waals surface area contributed by atoms with Gasteiger partial charge in [-0.2, -0.15) is 0 Å². The Morgan fingerprint density at radius 2 is 2.05 bits per heavy atom. The maximum atomic E-state index is 12.1. The minimum atomic E-state index is -0.170. The molecule has 21 heavy (non-hydrogen) atoms. The van der Waals surface area contributed by atoms with Crippen molar-refractivity contribution >= 4 is 17.6 Å². The van der Waals surface area contributed by atoms with Crippen LogP contribution in [0, 0.1) is 0 Å². The molecule has 1 aromatic heterocycles. The third-order valence-corrected chi connectivity index (χ3v) is 3.84. The average Bonchev–Trinajstić information content (AvgIpc) is 2.87. The molecule has 0 saturated heterocycles. The molecule has 1 aliphatic heterocycles. The van der Waals surface area contributed by atoms with E-state index >= 15 is 0 Å². The van der Waals surface area contributed by atoms with Crippen LogP contribution in [-0.2, 0) is 19.5 Å². The van der Waals surface area contributed by atoms with Crippen molar-refractivity contribution in [3.05, 3.63) is 56.5 Å². The van der Waals surface area contributed by atoms with Crippen molar-refractivity contribution < 1.29 is 4.79 Å². The quantitative estimate of drug-likeness (QED) is 0.788. The maximum absolute atomic E-state index is 12.1. The van der Waals surface area contributed by atoms with E-state index in [0.29, 0.717) is 36.6 Å². The van der Waals surface area contributed by atoms with Crippen LogP contribution >= 0.6 is 11.6 Å². The molecule has 0 unspecified atom stereocenters. The smallest absolute Gasteiger partial charge is 0.317 e. The predicted octanol–water partition coefficient (Wildman–Crippen LogP) is 1.62. The summed E-state index contributed by atoms with van der Waals surface area (Å²) in [7, 11) is 0. The number of amides is 2. The summed E-state index contributed by atoms with van der Waals surface area (Å²) >= 11 is 5.82. The highest BCUT2D eigenvalue weighted by Crippen LogP contribution is 2.13. The van der Waals surface area contributed by atoms with E-state index in [4.69, 9.17) is 11.6 Å². The van der Waals surface area contributed by atoms with Crippen LogP contribution < -0.4 is 10.9 Å². The van der Waals surface area contributed by atoms with Crippen molar-refractivity contribution in [2.75, 3.05) is 6.54 Å². The predicted molar refractivity (Wildman–Crippen MR) is 79.2 cm³/mol. The first-order valence-corrected chi connectivity index (χ1v) is 7.07. The lowest BCUT2D eigenvalue weighted by Crippen LogP contribution is -2.43. The molecule has 110 valence electrons. The second-order valence-corrected chi connectivity index (χ2v) is 5.43. The molecule has 0 spiro atoms. The third kappa shape index (κ3) is 2.95. The molecule has 0 fully saturated rings. The molecule has 7 heteroatoms. The van der Waals surface area contributed by atoms with Crippen LogP contribution in [0.25, 0.3) is 0 Å². The number of urea groups is 1. The zero-order chi connectivity index (χ0) is 14.8. The van der Waals surface area contributed by atoms with E-state index < -0.39 is 0 Å². The Morgan fingerprint density at radius 1 is 1.29 bits per heavy atom. The van der Waals surface area contributed by atoms with Gasteiger partial charge in [0.2, 0.25) is 0 Å². The van der Waals surface area contributed by atoms with E-state index in [1.807, 2.05) is 12.1 Å². The Bertz CT molecular complexity index is 705. The van der Waals surface area contributed by atoms with Crippen LogP contribution in [0.15, 0.2) is 29.1 Å². The summed E-state index contributed by atoms with van der Waals surface area (Å²) in [6.07, 6.45) is 0.655. The number of rotatable bonds is 2. The third-order valence-electron chi connectivity index (χ3n) is 3.59. The summed E-state index contributed by atoms with van der Waals surface area (Å²) in [5, 5.41) is 8.91. The first kappa shape index (κ1) is 13.8. The molecule has 3 rings (SSSR count). The maximum Gasteiger partial charge on any atom is 0.317 e. The highest BCUT2D eigenvalue weighted by molar-refractivity contribution is 6.30. The Balaban J connectivity index is 1.60. The first-order chi connectivity index (χ1) is 10.1. The van der Waals surface area contributed by atoms with Gasteiger partial charge in [0, 0.05) is 30.2 Å². The number of nitrogens with zero attached hydrogens (tertiary/aromatic N) is 1. The van der Waals surface area contributed by atoms with E-state index in [1.165, 1.54) is 0 Å². The van der Waals surface area contributed by atoms with Gasteiger partial charge in [-0.25, -0.2) is 4.79 Å². The number of benzene rings is 1. The van der Waals surface area contributed by atoms with Crippen molar-refractivity contribution in [3.8, 4) is 0 Å². The van der Waals surface area contributed by atoms with Crippen LogP contribution in [-0.4, -0.2) is 27.7 Å². The SMILES string of the molecule is O=C(NCc1ccc(Cl)cc1)N1CCc2[nH][nH]c(=O)c2C1. The lowest BCUT2D eigenvalue weighted by molar-refractivity contribution is 0.191. The van der Waals surface area contributed by atoms with Crippen molar-refractivity contribution in [1.29, 1.82) is 0 Å². The highest BCUT2D eigenvalue weighted by atomic mass is 35.5.